The standard InChI is InChI=1S/C20H18N4O2S/c1-12-8-9-15(10-13(12)2)24-17(25)11-16(19(24)26)27-20-21-18(22-23-20)14-6-4-3-5-7-14/h3-10,16H,11H2,1-2H3,(H,21,22,23). The molecule has 0 spiro atoms. The van der Waals surface area contributed by atoms with Gasteiger partial charge in [0.05, 0.1) is 5.69 Å². The second-order valence-electron chi connectivity index (χ2n) is 6.48. The maximum atomic E-state index is 12.8. The minimum absolute atomic E-state index is 0.144. The lowest BCUT2D eigenvalue weighted by Gasteiger charge is -2.16. The highest BCUT2D eigenvalue weighted by Crippen LogP contribution is 2.33. The minimum atomic E-state index is -0.515. The monoisotopic (exact) mass is 378 g/mol. The normalized spacial score (nSPS) is 17.0. The van der Waals surface area contributed by atoms with E-state index < -0.39 is 5.25 Å². The first-order valence-electron chi connectivity index (χ1n) is 8.61. The number of H-pyrrole nitrogens is 1. The second kappa shape index (κ2) is 7.00. The largest absolute Gasteiger partial charge is 0.274 e. The molecule has 1 aliphatic rings. The Kier molecular flexibility index (Phi) is 4.53. The number of aryl methyl sites for hydroxylation is 2. The molecule has 2 aromatic carbocycles. The SMILES string of the molecule is Cc1ccc(N2C(=O)CC(Sc3n[nH]c(-c4ccccc4)n3)C2=O)cc1C. The van der Waals surface area contributed by atoms with Gasteiger partial charge in [0.1, 0.15) is 5.25 Å². The number of amides is 2. The number of hydrogen-bond donors (Lipinski definition) is 1. The third-order valence-corrected chi connectivity index (χ3v) is 5.66. The van der Waals surface area contributed by atoms with E-state index in [-0.39, 0.29) is 18.2 Å². The minimum Gasteiger partial charge on any atom is -0.274 e. The van der Waals surface area contributed by atoms with Gasteiger partial charge in [0.25, 0.3) is 0 Å². The molecule has 1 unspecified atom stereocenters. The second-order valence-corrected chi connectivity index (χ2v) is 7.65. The first-order valence-corrected chi connectivity index (χ1v) is 9.49. The van der Waals surface area contributed by atoms with Crippen LogP contribution < -0.4 is 4.90 Å². The molecule has 7 heteroatoms. The van der Waals surface area contributed by atoms with Crippen LogP contribution in [0.4, 0.5) is 5.69 Å². The van der Waals surface area contributed by atoms with E-state index in [0.717, 1.165) is 16.7 Å². The maximum absolute atomic E-state index is 12.8. The Labute approximate surface area is 161 Å². The number of aromatic nitrogens is 3. The van der Waals surface area contributed by atoms with Gasteiger partial charge in [-0.1, -0.05) is 48.2 Å². The van der Waals surface area contributed by atoms with Crippen molar-refractivity contribution in [3.8, 4) is 11.4 Å². The van der Waals surface area contributed by atoms with Crippen LogP contribution in [-0.2, 0) is 9.59 Å². The van der Waals surface area contributed by atoms with Crippen LogP contribution in [0.5, 0.6) is 0 Å². The first-order chi connectivity index (χ1) is 13.0. The molecule has 1 aromatic heterocycles. The number of carbonyl (C=O) groups excluding carboxylic acids is 2. The Balaban J connectivity index is 1.52. The van der Waals surface area contributed by atoms with Gasteiger partial charge in [-0.25, -0.2) is 9.88 Å². The molecule has 0 saturated carbocycles. The highest BCUT2D eigenvalue weighted by molar-refractivity contribution is 8.00. The molecule has 0 bridgehead atoms. The molecule has 6 nitrogen and oxygen atoms in total. The molecule has 0 radical (unpaired) electrons. The molecule has 1 atom stereocenters. The van der Waals surface area contributed by atoms with Crippen LogP contribution in [0.3, 0.4) is 0 Å². The van der Waals surface area contributed by atoms with Crippen molar-refractivity contribution in [2.75, 3.05) is 4.90 Å². The molecule has 1 N–H and O–H groups in total. The van der Waals surface area contributed by atoms with Gasteiger partial charge in [0.15, 0.2) is 5.82 Å². The van der Waals surface area contributed by atoms with E-state index >= 15 is 0 Å². The number of imide groups is 1. The summed E-state index contributed by atoms with van der Waals surface area (Å²) in [7, 11) is 0. The van der Waals surface area contributed by atoms with Crippen molar-refractivity contribution in [1.82, 2.24) is 15.2 Å². The number of nitrogens with zero attached hydrogens (tertiary/aromatic N) is 3. The van der Waals surface area contributed by atoms with Crippen molar-refractivity contribution in [1.29, 1.82) is 0 Å². The van der Waals surface area contributed by atoms with E-state index in [1.165, 1.54) is 16.7 Å². The van der Waals surface area contributed by atoms with Crippen molar-refractivity contribution in [2.45, 2.75) is 30.7 Å². The number of rotatable bonds is 4. The molecular weight excluding hydrogens is 360 g/mol. The summed E-state index contributed by atoms with van der Waals surface area (Å²) >= 11 is 1.22. The average molecular weight is 378 g/mol. The molecule has 2 amide bonds. The van der Waals surface area contributed by atoms with Crippen molar-refractivity contribution in [2.24, 2.45) is 0 Å². The van der Waals surface area contributed by atoms with Gasteiger partial charge in [0, 0.05) is 12.0 Å². The molecule has 4 rings (SSSR count). The third-order valence-electron chi connectivity index (χ3n) is 4.61. The number of aromatic amines is 1. The van der Waals surface area contributed by atoms with E-state index in [9.17, 15) is 9.59 Å². The summed E-state index contributed by atoms with van der Waals surface area (Å²) in [6, 6.07) is 15.2. The van der Waals surface area contributed by atoms with Crippen LogP contribution in [0.25, 0.3) is 11.4 Å². The van der Waals surface area contributed by atoms with Crippen molar-refractivity contribution >= 4 is 29.3 Å². The number of hydrogen-bond acceptors (Lipinski definition) is 5. The quantitative estimate of drug-likeness (QED) is 0.703. The van der Waals surface area contributed by atoms with Gasteiger partial charge in [-0.15, -0.1) is 5.10 Å². The number of nitrogens with one attached hydrogen (secondary N) is 1. The van der Waals surface area contributed by atoms with E-state index in [0.29, 0.717) is 16.7 Å². The summed E-state index contributed by atoms with van der Waals surface area (Å²) in [6.45, 7) is 3.97. The predicted octanol–water partition coefficient (Wildman–Crippen LogP) is 3.51. The highest BCUT2D eigenvalue weighted by Gasteiger charge is 2.40. The van der Waals surface area contributed by atoms with Crippen molar-refractivity contribution < 1.29 is 9.59 Å². The van der Waals surface area contributed by atoms with Gasteiger partial charge in [-0.3, -0.25) is 14.7 Å². The summed E-state index contributed by atoms with van der Waals surface area (Å²) < 4.78 is 0. The molecule has 136 valence electrons. The van der Waals surface area contributed by atoms with E-state index in [2.05, 4.69) is 15.2 Å². The van der Waals surface area contributed by atoms with Crippen LogP contribution in [0.1, 0.15) is 17.5 Å². The fourth-order valence-corrected chi connectivity index (χ4v) is 3.91. The Hall–Kier alpha value is -2.93. The first kappa shape index (κ1) is 17.5. The molecular formula is C20H18N4O2S. The van der Waals surface area contributed by atoms with Gasteiger partial charge >= 0.3 is 0 Å². The Morgan fingerprint density at radius 1 is 1.07 bits per heavy atom. The van der Waals surface area contributed by atoms with Crippen LogP contribution in [0.2, 0.25) is 0 Å². The van der Waals surface area contributed by atoms with E-state index in [4.69, 9.17) is 0 Å². The fraction of sp³-hybridized carbons (Fsp3) is 0.200. The van der Waals surface area contributed by atoms with E-state index in [1.807, 2.05) is 62.4 Å². The number of benzene rings is 2. The molecule has 1 fully saturated rings. The Morgan fingerprint density at radius 3 is 2.59 bits per heavy atom. The highest BCUT2D eigenvalue weighted by atomic mass is 32.2. The summed E-state index contributed by atoms with van der Waals surface area (Å²) in [5.41, 5.74) is 3.71. The zero-order valence-electron chi connectivity index (χ0n) is 15.0. The van der Waals surface area contributed by atoms with Crippen molar-refractivity contribution in [3.63, 3.8) is 0 Å². The average Bonchev–Trinajstić information content (AvgIpc) is 3.23. The molecule has 3 aromatic rings. The summed E-state index contributed by atoms with van der Waals surface area (Å²) in [5.74, 6) is 0.222. The third kappa shape index (κ3) is 3.38. The Bertz CT molecular complexity index is 1020. The number of carbonyl (C=O) groups is 2. The van der Waals surface area contributed by atoms with Crippen LogP contribution in [0.15, 0.2) is 53.7 Å². The van der Waals surface area contributed by atoms with Crippen molar-refractivity contribution in [3.05, 3.63) is 59.7 Å². The van der Waals surface area contributed by atoms with E-state index in [1.54, 1.807) is 0 Å². The topological polar surface area (TPSA) is 79.0 Å². The van der Waals surface area contributed by atoms with Crippen LogP contribution in [0, 0.1) is 13.8 Å². The zero-order chi connectivity index (χ0) is 19.0. The predicted molar refractivity (Wildman–Crippen MR) is 104 cm³/mol. The molecule has 2 heterocycles. The van der Waals surface area contributed by atoms with Gasteiger partial charge in [-0.05, 0) is 37.1 Å². The van der Waals surface area contributed by atoms with Gasteiger partial charge in [0.2, 0.25) is 17.0 Å². The maximum Gasteiger partial charge on any atom is 0.247 e. The van der Waals surface area contributed by atoms with Gasteiger partial charge < -0.3 is 0 Å². The molecule has 1 aliphatic heterocycles. The van der Waals surface area contributed by atoms with Gasteiger partial charge in [-0.2, -0.15) is 0 Å². The summed E-state index contributed by atoms with van der Waals surface area (Å²) in [4.78, 5) is 31.0. The fourth-order valence-electron chi connectivity index (χ4n) is 2.98. The molecule has 0 aliphatic carbocycles. The number of anilines is 1. The lowest BCUT2D eigenvalue weighted by Crippen LogP contribution is -2.31. The smallest absolute Gasteiger partial charge is 0.247 e. The molecule has 27 heavy (non-hydrogen) atoms. The summed E-state index contributed by atoms with van der Waals surface area (Å²) in [5, 5.41) is 7.02. The lowest BCUT2D eigenvalue weighted by atomic mass is 10.1. The Morgan fingerprint density at radius 2 is 1.85 bits per heavy atom. The van der Waals surface area contributed by atoms with Crippen LogP contribution in [-0.4, -0.2) is 32.2 Å². The number of thioether (sulfide) groups is 1. The summed E-state index contributed by atoms with van der Waals surface area (Å²) in [6.07, 6.45) is 0.144. The zero-order valence-corrected chi connectivity index (χ0v) is 15.8. The van der Waals surface area contributed by atoms with Crippen LogP contribution >= 0.6 is 11.8 Å². The molecule has 1 saturated heterocycles. The lowest BCUT2D eigenvalue weighted by molar-refractivity contribution is -0.121.